The first kappa shape index (κ1) is 24.5. The summed E-state index contributed by atoms with van der Waals surface area (Å²) >= 11 is 0. The monoisotopic (exact) mass is 461 g/mol. The molecule has 0 saturated carbocycles. The number of hydrogen-bond donors (Lipinski definition) is 2. The fourth-order valence-electron chi connectivity index (χ4n) is 4.02. The van der Waals surface area contributed by atoms with E-state index in [1.54, 1.807) is 19.1 Å². The molecule has 3 N–H and O–H groups in total. The van der Waals surface area contributed by atoms with Gasteiger partial charge in [-0.3, -0.25) is 19.5 Å². The summed E-state index contributed by atoms with van der Waals surface area (Å²) in [5, 5.41) is 9.87. The summed E-state index contributed by atoms with van der Waals surface area (Å²) in [6.45, 7) is 5.18. The number of rotatable bonds is 6. The standard InChI is InChI=1S/C24H26F3N3O3/c1-4-19(30(28)21(32)6-5-9-31)22-18-8-7-16(24(25,26)27)13-20(18)29(23(22)33)17-11-14(2)10-15(3)12-17/h7-8,10-13,31H,4-6,9,28H2,1-3H3/b22-19-. The van der Waals surface area contributed by atoms with Crippen LogP contribution in [-0.4, -0.2) is 28.5 Å². The van der Waals surface area contributed by atoms with Crippen LogP contribution < -0.4 is 10.7 Å². The van der Waals surface area contributed by atoms with Gasteiger partial charge in [-0.05, 0) is 62.1 Å². The lowest BCUT2D eigenvalue weighted by atomic mass is 10.0. The van der Waals surface area contributed by atoms with Gasteiger partial charge in [0.25, 0.3) is 5.91 Å². The SMILES string of the molecule is CC/C(=C1/C(=O)N(c2cc(C)cc(C)c2)c2cc(C(F)(F)F)ccc21)N(N)C(=O)CCCO. The lowest BCUT2D eigenvalue weighted by Gasteiger charge is -2.22. The van der Waals surface area contributed by atoms with Crippen molar-refractivity contribution in [2.45, 2.75) is 46.2 Å². The topological polar surface area (TPSA) is 86.9 Å². The summed E-state index contributed by atoms with van der Waals surface area (Å²) in [6, 6.07) is 8.44. The summed E-state index contributed by atoms with van der Waals surface area (Å²) in [4.78, 5) is 27.4. The Morgan fingerprint density at radius 3 is 2.30 bits per heavy atom. The molecule has 0 bridgehead atoms. The number of halogens is 3. The number of nitrogens with zero attached hydrogens (tertiary/aromatic N) is 2. The van der Waals surface area contributed by atoms with Crippen LogP contribution in [0.5, 0.6) is 0 Å². The highest BCUT2D eigenvalue weighted by Crippen LogP contribution is 2.46. The number of anilines is 2. The third-order valence-corrected chi connectivity index (χ3v) is 5.45. The first-order chi connectivity index (χ1) is 15.5. The van der Waals surface area contributed by atoms with E-state index in [0.717, 1.165) is 28.3 Å². The number of aliphatic hydroxyl groups is 1. The predicted octanol–water partition coefficient (Wildman–Crippen LogP) is 4.60. The number of carbonyl (C=O) groups excluding carboxylic acids is 2. The first-order valence-electron chi connectivity index (χ1n) is 10.6. The van der Waals surface area contributed by atoms with Crippen molar-refractivity contribution in [2.75, 3.05) is 11.5 Å². The summed E-state index contributed by atoms with van der Waals surface area (Å²) in [5.41, 5.74) is 1.88. The number of nitrogens with two attached hydrogens (primary N) is 1. The Bertz CT molecular complexity index is 1110. The van der Waals surface area contributed by atoms with Crippen LogP contribution in [0.4, 0.5) is 24.5 Å². The fraction of sp³-hybridized carbons (Fsp3) is 0.333. The molecular formula is C24H26F3N3O3. The van der Waals surface area contributed by atoms with Gasteiger partial charge in [0.05, 0.1) is 22.5 Å². The Labute approximate surface area is 190 Å². The van der Waals surface area contributed by atoms with Gasteiger partial charge in [-0.25, -0.2) is 5.84 Å². The molecule has 0 spiro atoms. The molecule has 2 aromatic rings. The van der Waals surface area contributed by atoms with Crippen LogP contribution in [-0.2, 0) is 15.8 Å². The number of alkyl halides is 3. The minimum Gasteiger partial charge on any atom is -0.396 e. The van der Waals surface area contributed by atoms with E-state index in [1.807, 2.05) is 19.9 Å². The molecule has 33 heavy (non-hydrogen) atoms. The summed E-state index contributed by atoms with van der Waals surface area (Å²) in [5.74, 6) is 4.98. The maximum Gasteiger partial charge on any atom is 0.416 e. The summed E-state index contributed by atoms with van der Waals surface area (Å²) < 4.78 is 40.4. The number of benzene rings is 2. The maximum atomic E-state index is 13.6. The third kappa shape index (κ3) is 4.79. The average molecular weight is 461 g/mol. The normalized spacial score (nSPS) is 15.0. The predicted molar refractivity (Wildman–Crippen MR) is 119 cm³/mol. The maximum absolute atomic E-state index is 13.6. The smallest absolute Gasteiger partial charge is 0.396 e. The quantitative estimate of drug-likeness (QED) is 0.285. The van der Waals surface area contributed by atoms with Gasteiger partial charge in [0, 0.05) is 24.3 Å². The van der Waals surface area contributed by atoms with Gasteiger partial charge in [-0.15, -0.1) is 0 Å². The van der Waals surface area contributed by atoms with Gasteiger partial charge in [0.2, 0.25) is 5.91 Å². The average Bonchev–Trinajstić information content (AvgIpc) is 3.02. The molecule has 1 aliphatic heterocycles. The van der Waals surface area contributed by atoms with E-state index < -0.39 is 23.6 Å². The van der Waals surface area contributed by atoms with E-state index in [2.05, 4.69) is 0 Å². The molecule has 6 nitrogen and oxygen atoms in total. The van der Waals surface area contributed by atoms with Crippen molar-refractivity contribution in [1.82, 2.24) is 5.01 Å². The highest BCUT2D eigenvalue weighted by molar-refractivity contribution is 6.35. The largest absolute Gasteiger partial charge is 0.416 e. The molecule has 176 valence electrons. The second kappa shape index (κ2) is 9.36. The van der Waals surface area contributed by atoms with E-state index in [0.29, 0.717) is 5.69 Å². The van der Waals surface area contributed by atoms with E-state index in [4.69, 9.17) is 10.9 Å². The van der Waals surface area contributed by atoms with Gasteiger partial charge in [-0.2, -0.15) is 13.2 Å². The molecule has 0 aliphatic carbocycles. The van der Waals surface area contributed by atoms with Crippen molar-refractivity contribution in [1.29, 1.82) is 0 Å². The lowest BCUT2D eigenvalue weighted by molar-refractivity contribution is -0.137. The highest BCUT2D eigenvalue weighted by atomic mass is 19.4. The summed E-state index contributed by atoms with van der Waals surface area (Å²) in [6.07, 6.45) is -4.22. The zero-order valence-electron chi connectivity index (χ0n) is 18.7. The van der Waals surface area contributed by atoms with E-state index >= 15 is 0 Å². The zero-order chi connectivity index (χ0) is 24.5. The molecule has 0 aromatic heterocycles. The minimum absolute atomic E-state index is 0.0291. The van der Waals surface area contributed by atoms with Crippen molar-refractivity contribution in [3.8, 4) is 0 Å². The first-order valence-corrected chi connectivity index (χ1v) is 10.6. The van der Waals surface area contributed by atoms with Crippen molar-refractivity contribution in [2.24, 2.45) is 5.84 Å². The molecule has 0 radical (unpaired) electrons. The molecule has 1 heterocycles. The summed E-state index contributed by atoms with van der Waals surface area (Å²) in [7, 11) is 0. The van der Waals surface area contributed by atoms with E-state index in [1.165, 1.54) is 11.0 Å². The molecule has 2 aromatic carbocycles. The Balaban J connectivity index is 2.25. The van der Waals surface area contributed by atoms with Gasteiger partial charge < -0.3 is 5.11 Å². The van der Waals surface area contributed by atoms with Crippen LogP contribution >= 0.6 is 0 Å². The van der Waals surface area contributed by atoms with E-state index in [-0.39, 0.29) is 48.4 Å². The highest BCUT2D eigenvalue weighted by Gasteiger charge is 2.40. The number of hydrogen-bond acceptors (Lipinski definition) is 4. The molecule has 1 aliphatic rings. The molecule has 0 fully saturated rings. The van der Waals surface area contributed by atoms with Crippen molar-refractivity contribution >= 4 is 28.8 Å². The van der Waals surface area contributed by atoms with Crippen LogP contribution in [0, 0.1) is 13.8 Å². The number of fused-ring (bicyclic) bond motifs is 1. The Morgan fingerprint density at radius 2 is 1.76 bits per heavy atom. The van der Waals surface area contributed by atoms with Crippen molar-refractivity contribution in [3.05, 3.63) is 64.3 Å². The van der Waals surface area contributed by atoms with Crippen LogP contribution in [0.1, 0.15) is 48.4 Å². The van der Waals surface area contributed by atoms with Gasteiger partial charge in [-0.1, -0.05) is 19.1 Å². The van der Waals surface area contributed by atoms with Gasteiger partial charge in [0.15, 0.2) is 0 Å². The molecule has 2 amide bonds. The Hall–Kier alpha value is -3.17. The molecule has 3 rings (SSSR count). The van der Waals surface area contributed by atoms with Gasteiger partial charge >= 0.3 is 6.18 Å². The number of aliphatic hydroxyl groups excluding tert-OH is 1. The number of amides is 2. The number of hydrazine groups is 1. The van der Waals surface area contributed by atoms with Crippen LogP contribution in [0.3, 0.4) is 0 Å². The number of aryl methyl sites for hydroxylation is 2. The molecule has 0 saturated heterocycles. The third-order valence-electron chi connectivity index (χ3n) is 5.45. The van der Waals surface area contributed by atoms with Crippen LogP contribution in [0.25, 0.3) is 5.57 Å². The van der Waals surface area contributed by atoms with Crippen LogP contribution in [0.2, 0.25) is 0 Å². The Morgan fingerprint density at radius 1 is 1.12 bits per heavy atom. The number of allylic oxidation sites excluding steroid dienone is 1. The van der Waals surface area contributed by atoms with Crippen molar-refractivity contribution in [3.63, 3.8) is 0 Å². The molecule has 9 heteroatoms. The molecular weight excluding hydrogens is 435 g/mol. The zero-order valence-corrected chi connectivity index (χ0v) is 18.7. The van der Waals surface area contributed by atoms with E-state index in [9.17, 15) is 22.8 Å². The minimum atomic E-state index is -4.59. The molecule has 0 unspecified atom stereocenters. The van der Waals surface area contributed by atoms with Crippen LogP contribution in [0.15, 0.2) is 42.1 Å². The van der Waals surface area contributed by atoms with Gasteiger partial charge in [0.1, 0.15) is 0 Å². The molecule has 0 atom stereocenters. The number of carbonyl (C=O) groups is 2. The lowest BCUT2D eigenvalue weighted by Crippen LogP contribution is -2.38. The fourth-order valence-corrected chi connectivity index (χ4v) is 4.02. The Kier molecular flexibility index (Phi) is 6.94. The second-order valence-electron chi connectivity index (χ2n) is 7.98. The van der Waals surface area contributed by atoms with Crippen molar-refractivity contribution < 1.29 is 27.9 Å². The second-order valence-corrected chi connectivity index (χ2v) is 7.98.